The van der Waals surface area contributed by atoms with Crippen LogP contribution < -0.4 is 0 Å². The Labute approximate surface area is 50.0 Å². The third-order valence-electron chi connectivity index (χ3n) is 1.40. The summed E-state index contributed by atoms with van der Waals surface area (Å²) in [7, 11) is -1.54. The SMILES string of the molecule is C1O[SiH]2OCB1CO2. The molecule has 0 aromatic rings. The largest absolute Gasteiger partial charge is 0.482 e. The molecule has 0 aromatic heterocycles. The van der Waals surface area contributed by atoms with E-state index >= 15 is 0 Å². The van der Waals surface area contributed by atoms with Crippen molar-refractivity contribution in [2.75, 3.05) is 19.5 Å². The quantitative estimate of drug-likeness (QED) is 0.389. The van der Waals surface area contributed by atoms with Crippen LogP contribution in [0.1, 0.15) is 0 Å². The molecule has 3 aliphatic rings. The third-order valence-corrected chi connectivity index (χ3v) is 2.80. The number of hydrogen-bond donors (Lipinski definition) is 0. The Morgan fingerprint density at radius 2 is 1.50 bits per heavy atom. The number of rotatable bonds is 0. The van der Waals surface area contributed by atoms with Crippen LogP contribution >= 0.6 is 0 Å². The first-order valence-electron chi connectivity index (χ1n) is 2.80. The molecular weight excluding hydrogens is 123 g/mol. The lowest BCUT2D eigenvalue weighted by molar-refractivity contribution is 0.0885. The molecule has 0 radical (unpaired) electrons. The van der Waals surface area contributed by atoms with E-state index in [0.717, 1.165) is 19.5 Å². The highest BCUT2D eigenvalue weighted by Gasteiger charge is 2.34. The predicted octanol–water partition coefficient (Wildman–Crippen LogP) is -1.11. The van der Waals surface area contributed by atoms with Crippen LogP contribution in [-0.2, 0) is 13.3 Å². The molecule has 0 atom stereocenters. The summed E-state index contributed by atoms with van der Waals surface area (Å²) in [6.45, 7) is 3.14. The zero-order valence-electron chi connectivity index (χ0n) is 4.50. The van der Waals surface area contributed by atoms with Crippen LogP contribution in [0.25, 0.3) is 0 Å². The van der Waals surface area contributed by atoms with Gasteiger partial charge in [-0.25, -0.2) is 0 Å². The normalized spacial score (nSPS) is 29.2. The maximum atomic E-state index is 5.17. The van der Waals surface area contributed by atoms with E-state index in [-0.39, 0.29) is 0 Å². The maximum Gasteiger partial charge on any atom is 0.482 e. The highest BCUT2D eigenvalue weighted by Crippen LogP contribution is 2.09. The van der Waals surface area contributed by atoms with Gasteiger partial charge in [0.25, 0.3) is 0 Å². The molecule has 0 aromatic carbocycles. The maximum absolute atomic E-state index is 5.17. The molecule has 3 saturated heterocycles. The van der Waals surface area contributed by atoms with Crippen molar-refractivity contribution in [3.05, 3.63) is 0 Å². The van der Waals surface area contributed by atoms with Gasteiger partial charge in [0.05, 0.1) is 0 Å². The first-order chi connectivity index (χ1) is 3.95. The van der Waals surface area contributed by atoms with Crippen molar-refractivity contribution in [2.45, 2.75) is 0 Å². The second-order valence-electron chi connectivity index (χ2n) is 2.15. The van der Waals surface area contributed by atoms with Gasteiger partial charge < -0.3 is 13.3 Å². The molecule has 0 amide bonds. The Balaban J connectivity index is 2.03. The van der Waals surface area contributed by atoms with E-state index in [4.69, 9.17) is 13.3 Å². The zero-order valence-corrected chi connectivity index (χ0v) is 5.66. The average Bonchev–Trinajstić information content (AvgIpc) is 1.92. The fraction of sp³-hybridized carbons (Fsp3) is 1.00. The summed E-state index contributed by atoms with van der Waals surface area (Å²) in [6, 6.07) is 0. The molecule has 3 heterocycles. The van der Waals surface area contributed by atoms with Gasteiger partial charge in [-0.05, 0) is 0 Å². The Hall–Kier alpha value is 0.162. The summed E-state index contributed by atoms with van der Waals surface area (Å²) in [5.41, 5.74) is 0. The highest BCUT2D eigenvalue weighted by molar-refractivity contribution is 6.64. The summed E-state index contributed by atoms with van der Waals surface area (Å²) in [4.78, 5) is 0. The third kappa shape index (κ3) is 0.714. The highest BCUT2D eigenvalue weighted by atomic mass is 28.3. The molecule has 0 spiro atoms. The second-order valence-corrected chi connectivity index (χ2v) is 3.73. The summed E-state index contributed by atoms with van der Waals surface area (Å²) in [6.07, 6.45) is 0. The number of fused-ring (bicyclic) bond motifs is 3. The van der Waals surface area contributed by atoms with Crippen molar-refractivity contribution in [3.63, 3.8) is 0 Å². The second kappa shape index (κ2) is 1.84. The summed E-state index contributed by atoms with van der Waals surface area (Å²) >= 11 is 0. The fourth-order valence-corrected chi connectivity index (χ4v) is 2.51. The minimum atomic E-state index is -1.54. The Kier molecular flexibility index (Phi) is 1.15. The van der Waals surface area contributed by atoms with Gasteiger partial charge in [0, 0.05) is 19.5 Å². The topological polar surface area (TPSA) is 27.7 Å². The van der Waals surface area contributed by atoms with Crippen LogP contribution in [0.5, 0.6) is 0 Å². The van der Waals surface area contributed by atoms with Crippen molar-refractivity contribution in [1.29, 1.82) is 0 Å². The standard InChI is InChI=1S/C3H7BO3Si/c1-4-2-6-8(5-1)7-3-4/h8H,1-3H2. The fourth-order valence-electron chi connectivity index (χ4n) is 0.933. The van der Waals surface area contributed by atoms with Crippen LogP contribution in [0.4, 0.5) is 0 Å². The first-order valence-corrected chi connectivity index (χ1v) is 4.21. The molecule has 3 nitrogen and oxygen atoms in total. The predicted molar refractivity (Wildman–Crippen MR) is 30.8 cm³/mol. The van der Waals surface area contributed by atoms with Gasteiger partial charge >= 0.3 is 9.53 Å². The lowest BCUT2D eigenvalue weighted by Crippen LogP contribution is -2.53. The van der Waals surface area contributed by atoms with Crippen molar-refractivity contribution >= 4 is 16.2 Å². The monoisotopic (exact) mass is 130 g/mol. The Morgan fingerprint density at radius 1 is 1.00 bits per heavy atom. The summed E-state index contributed by atoms with van der Waals surface area (Å²) in [5, 5.41) is 0. The molecule has 0 N–H and O–H groups in total. The molecule has 0 saturated carbocycles. The van der Waals surface area contributed by atoms with Gasteiger partial charge in [0.1, 0.15) is 0 Å². The molecule has 0 unspecified atom stereocenters. The smallest absolute Gasteiger partial charge is 0.384 e. The van der Waals surface area contributed by atoms with Crippen molar-refractivity contribution in [2.24, 2.45) is 0 Å². The molecule has 8 heavy (non-hydrogen) atoms. The molecule has 3 fully saturated rings. The molecule has 2 bridgehead atoms. The molecule has 44 valence electrons. The van der Waals surface area contributed by atoms with Gasteiger partial charge in [-0.15, -0.1) is 0 Å². The van der Waals surface area contributed by atoms with Crippen LogP contribution in [0.3, 0.4) is 0 Å². The van der Waals surface area contributed by atoms with E-state index in [1.54, 1.807) is 0 Å². The lowest BCUT2D eigenvalue weighted by atomic mass is 9.52. The van der Waals surface area contributed by atoms with Crippen LogP contribution in [0, 0.1) is 0 Å². The molecular formula is C3H7BO3Si. The van der Waals surface area contributed by atoms with Crippen molar-refractivity contribution in [1.82, 2.24) is 0 Å². The van der Waals surface area contributed by atoms with Crippen LogP contribution in [-0.4, -0.2) is 35.8 Å². The van der Waals surface area contributed by atoms with E-state index in [0.29, 0.717) is 6.71 Å². The lowest BCUT2D eigenvalue weighted by Gasteiger charge is -2.32. The van der Waals surface area contributed by atoms with E-state index in [2.05, 4.69) is 0 Å². The first kappa shape index (κ1) is 4.99. The van der Waals surface area contributed by atoms with Gasteiger partial charge in [-0.3, -0.25) is 0 Å². The van der Waals surface area contributed by atoms with Gasteiger partial charge in [-0.2, -0.15) is 0 Å². The Bertz CT molecular complexity index is 69.5. The van der Waals surface area contributed by atoms with E-state index in [1.807, 2.05) is 0 Å². The van der Waals surface area contributed by atoms with Crippen LogP contribution in [0.15, 0.2) is 0 Å². The summed E-state index contributed by atoms with van der Waals surface area (Å²) in [5.74, 6) is 0. The molecule has 3 rings (SSSR count). The minimum Gasteiger partial charge on any atom is -0.384 e. The van der Waals surface area contributed by atoms with Crippen LogP contribution in [0.2, 0.25) is 0 Å². The van der Waals surface area contributed by atoms with E-state index in [1.165, 1.54) is 0 Å². The average molecular weight is 130 g/mol. The van der Waals surface area contributed by atoms with Crippen molar-refractivity contribution < 1.29 is 13.3 Å². The van der Waals surface area contributed by atoms with Gasteiger partial charge in [0.2, 0.25) is 6.71 Å². The summed E-state index contributed by atoms with van der Waals surface area (Å²) < 4.78 is 15.5. The minimum absolute atomic E-state index is 0.521. The van der Waals surface area contributed by atoms with Crippen molar-refractivity contribution in [3.8, 4) is 0 Å². The van der Waals surface area contributed by atoms with Gasteiger partial charge in [-0.1, -0.05) is 0 Å². The molecule has 3 aliphatic heterocycles. The Morgan fingerprint density at radius 3 is 1.62 bits per heavy atom. The molecule has 5 heteroatoms. The van der Waals surface area contributed by atoms with Gasteiger partial charge in [0.15, 0.2) is 0 Å². The number of hydrogen-bond acceptors (Lipinski definition) is 3. The zero-order chi connectivity index (χ0) is 5.40. The molecule has 0 aliphatic carbocycles. The van der Waals surface area contributed by atoms with E-state index < -0.39 is 9.53 Å². The van der Waals surface area contributed by atoms with E-state index in [9.17, 15) is 0 Å².